The minimum absolute atomic E-state index is 0.255. The maximum Gasteiger partial charge on any atom is 0.187 e. The third-order valence-electron chi connectivity index (χ3n) is 2.73. The second-order valence-electron chi connectivity index (χ2n) is 4.33. The predicted molar refractivity (Wildman–Crippen MR) is 85.4 cm³/mol. The van der Waals surface area contributed by atoms with Crippen LogP contribution in [0.25, 0.3) is 0 Å². The maximum absolute atomic E-state index is 12.8. The van der Waals surface area contributed by atoms with E-state index in [1.165, 1.54) is 12.1 Å². The van der Waals surface area contributed by atoms with Crippen molar-refractivity contribution in [2.45, 2.75) is 13.5 Å². The summed E-state index contributed by atoms with van der Waals surface area (Å²) in [4.78, 5) is 4.19. The molecular weight excluding hydrogens is 287 g/mol. The Balaban J connectivity index is 1.83. The molecular formula is C15H15FN4S. The van der Waals surface area contributed by atoms with Gasteiger partial charge in [-0.1, -0.05) is 18.2 Å². The molecule has 0 atom stereocenters. The number of nitrogens with one attached hydrogen (secondary N) is 2. The van der Waals surface area contributed by atoms with Crippen molar-refractivity contribution >= 4 is 23.0 Å². The van der Waals surface area contributed by atoms with Gasteiger partial charge < -0.3 is 5.32 Å². The van der Waals surface area contributed by atoms with Gasteiger partial charge in [0.05, 0.1) is 11.4 Å². The Labute approximate surface area is 128 Å². The first kappa shape index (κ1) is 15.1. The quantitative estimate of drug-likeness (QED) is 0.518. The summed E-state index contributed by atoms with van der Waals surface area (Å²) in [5.74, 6) is -0.255. The summed E-state index contributed by atoms with van der Waals surface area (Å²) in [5.41, 5.74) is 5.21. The van der Waals surface area contributed by atoms with E-state index in [1.807, 2.05) is 25.1 Å². The minimum atomic E-state index is -0.255. The highest BCUT2D eigenvalue weighted by Gasteiger charge is 1.99. The molecule has 0 fully saturated rings. The summed E-state index contributed by atoms with van der Waals surface area (Å²) in [7, 11) is 0. The van der Waals surface area contributed by atoms with Crippen LogP contribution in [-0.4, -0.2) is 15.8 Å². The SMILES string of the molecule is C/C(=N/NC(=S)NCc1ccc(F)cc1)c1ccccn1. The first-order valence-electron chi connectivity index (χ1n) is 6.39. The molecule has 2 N–H and O–H groups in total. The summed E-state index contributed by atoms with van der Waals surface area (Å²) >= 11 is 5.12. The van der Waals surface area contributed by atoms with Gasteiger partial charge in [-0.2, -0.15) is 5.10 Å². The molecule has 6 heteroatoms. The molecule has 1 heterocycles. The number of hydrogen-bond donors (Lipinski definition) is 2. The van der Waals surface area contributed by atoms with Gasteiger partial charge >= 0.3 is 0 Å². The van der Waals surface area contributed by atoms with Gasteiger partial charge in [-0.05, 0) is 49.0 Å². The molecule has 0 spiro atoms. The Morgan fingerprint density at radius 1 is 1.24 bits per heavy atom. The van der Waals surface area contributed by atoms with Gasteiger partial charge in [0.15, 0.2) is 5.11 Å². The van der Waals surface area contributed by atoms with Gasteiger partial charge in [0.1, 0.15) is 5.82 Å². The average Bonchev–Trinajstić information content (AvgIpc) is 2.53. The average molecular weight is 302 g/mol. The van der Waals surface area contributed by atoms with Gasteiger partial charge in [0.25, 0.3) is 0 Å². The van der Waals surface area contributed by atoms with Crippen molar-refractivity contribution in [2.24, 2.45) is 5.10 Å². The second kappa shape index (κ2) is 7.44. The second-order valence-corrected chi connectivity index (χ2v) is 4.74. The molecule has 0 bridgehead atoms. The Morgan fingerprint density at radius 2 is 2.00 bits per heavy atom. The monoisotopic (exact) mass is 302 g/mol. The zero-order valence-electron chi connectivity index (χ0n) is 11.5. The Hall–Kier alpha value is -2.34. The van der Waals surface area contributed by atoms with E-state index in [0.717, 1.165) is 17.0 Å². The fraction of sp³-hybridized carbons (Fsp3) is 0.133. The summed E-state index contributed by atoms with van der Waals surface area (Å²) in [6, 6.07) is 11.8. The lowest BCUT2D eigenvalue weighted by atomic mass is 10.2. The van der Waals surface area contributed by atoms with E-state index in [0.29, 0.717) is 11.7 Å². The fourth-order valence-corrected chi connectivity index (χ4v) is 1.71. The summed E-state index contributed by atoms with van der Waals surface area (Å²) < 4.78 is 12.8. The number of rotatable bonds is 4. The van der Waals surface area contributed by atoms with E-state index in [9.17, 15) is 4.39 Å². The molecule has 108 valence electrons. The van der Waals surface area contributed by atoms with Gasteiger partial charge in [0, 0.05) is 12.7 Å². The van der Waals surface area contributed by atoms with Crippen LogP contribution in [0.4, 0.5) is 4.39 Å². The van der Waals surface area contributed by atoms with Crippen LogP contribution < -0.4 is 10.7 Å². The third-order valence-corrected chi connectivity index (χ3v) is 2.96. The zero-order chi connectivity index (χ0) is 15.1. The molecule has 1 aromatic carbocycles. The van der Waals surface area contributed by atoms with Crippen molar-refractivity contribution < 1.29 is 4.39 Å². The number of aromatic nitrogens is 1. The van der Waals surface area contributed by atoms with E-state index < -0.39 is 0 Å². The molecule has 4 nitrogen and oxygen atoms in total. The molecule has 0 saturated carbocycles. The molecule has 0 aliphatic heterocycles. The van der Waals surface area contributed by atoms with Crippen LogP contribution in [0.2, 0.25) is 0 Å². The van der Waals surface area contributed by atoms with Crippen LogP contribution in [0.5, 0.6) is 0 Å². The molecule has 2 rings (SSSR count). The molecule has 0 saturated heterocycles. The van der Waals surface area contributed by atoms with Crippen molar-refractivity contribution in [1.82, 2.24) is 15.7 Å². The van der Waals surface area contributed by atoms with Crippen LogP contribution in [0.15, 0.2) is 53.8 Å². The maximum atomic E-state index is 12.8. The standard InChI is InChI=1S/C15H15FN4S/c1-11(14-4-2-3-9-17-14)19-20-15(21)18-10-12-5-7-13(16)8-6-12/h2-9H,10H2,1H3,(H2,18,20,21)/b19-11-. The molecule has 21 heavy (non-hydrogen) atoms. The molecule has 0 radical (unpaired) electrons. The number of pyridine rings is 1. The topological polar surface area (TPSA) is 49.3 Å². The van der Waals surface area contributed by atoms with Crippen molar-refractivity contribution in [3.8, 4) is 0 Å². The fourth-order valence-electron chi connectivity index (χ4n) is 1.59. The van der Waals surface area contributed by atoms with Crippen LogP contribution in [0.1, 0.15) is 18.2 Å². The normalized spacial score (nSPS) is 11.0. The van der Waals surface area contributed by atoms with Crippen molar-refractivity contribution in [1.29, 1.82) is 0 Å². The minimum Gasteiger partial charge on any atom is -0.357 e. The molecule has 0 amide bonds. The van der Waals surface area contributed by atoms with Crippen molar-refractivity contribution in [3.05, 3.63) is 65.7 Å². The Morgan fingerprint density at radius 3 is 2.67 bits per heavy atom. The third kappa shape index (κ3) is 4.92. The molecule has 0 unspecified atom stereocenters. The highest BCUT2D eigenvalue weighted by Crippen LogP contribution is 2.02. The smallest absolute Gasteiger partial charge is 0.187 e. The lowest BCUT2D eigenvalue weighted by Gasteiger charge is -2.08. The Bertz CT molecular complexity index is 626. The van der Waals surface area contributed by atoms with Crippen LogP contribution in [-0.2, 0) is 6.54 Å². The van der Waals surface area contributed by atoms with Crippen molar-refractivity contribution in [3.63, 3.8) is 0 Å². The van der Waals surface area contributed by atoms with Crippen LogP contribution >= 0.6 is 12.2 Å². The zero-order valence-corrected chi connectivity index (χ0v) is 12.3. The molecule has 0 aliphatic carbocycles. The van der Waals surface area contributed by atoms with E-state index >= 15 is 0 Å². The number of thiocarbonyl (C=S) groups is 1. The molecule has 1 aromatic heterocycles. The summed E-state index contributed by atoms with van der Waals surface area (Å²) in [6.07, 6.45) is 1.71. The van der Waals surface area contributed by atoms with E-state index in [4.69, 9.17) is 12.2 Å². The van der Waals surface area contributed by atoms with Crippen LogP contribution in [0, 0.1) is 5.82 Å². The Kier molecular flexibility index (Phi) is 5.34. The first-order valence-corrected chi connectivity index (χ1v) is 6.80. The molecule has 2 aromatic rings. The van der Waals surface area contributed by atoms with Gasteiger partial charge in [-0.15, -0.1) is 0 Å². The largest absolute Gasteiger partial charge is 0.357 e. The van der Waals surface area contributed by atoms with Crippen LogP contribution in [0.3, 0.4) is 0 Å². The van der Waals surface area contributed by atoms with E-state index in [-0.39, 0.29) is 5.82 Å². The number of hydrazone groups is 1. The van der Waals surface area contributed by atoms with Gasteiger partial charge in [-0.25, -0.2) is 4.39 Å². The number of nitrogens with zero attached hydrogens (tertiary/aromatic N) is 2. The van der Waals surface area contributed by atoms with Crippen molar-refractivity contribution in [2.75, 3.05) is 0 Å². The number of hydrogen-bond acceptors (Lipinski definition) is 3. The van der Waals surface area contributed by atoms with Gasteiger partial charge in [-0.3, -0.25) is 10.4 Å². The van der Waals surface area contributed by atoms with E-state index in [1.54, 1.807) is 18.3 Å². The summed E-state index contributed by atoms with van der Waals surface area (Å²) in [5, 5.41) is 7.55. The lowest BCUT2D eigenvalue weighted by Crippen LogP contribution is -2.32. The number of benzene rings is 1. The molecule has 0 aliphatic rings. The van der Waals surface area contributed by atoms with Gasteiger partial charge in [0.2, 0.25) is 0 Å². The highest BCUT2D eigenvalue weighted by molar-refractivity contribution is 7.80. The number of halogens is 1. The van der Waals surface area contributed by atoms with E-state index in [2.05, 4.69) is 20.8 Å². The highest BCUT2D eigenvalue weighted by atomic mass is 32.1. The summed E-state index contributed by atoms with van der Waals surface area (Å²) in [6.45, 7) is 2.35. The predicted octanol–water partition coefficient (Wildman–Crippen LogP) is 2.61. The first-order chi connectivity index (χ1) is 10.1. The lowest BCUT2D eigenvalue weighted by molar-refractivity contribution is 0.626.